The van der Waals surface area contributed by atoms with E-state index < -0.39 is 10.0 Å². The maximum Gasteiger partial charge on any atom is 0.265 e. The quantitative estimate of drug-likeness (QED) is 0.769. The molecule has 0 aliphatic carbocycles. The Hall–Kier alpha value is -2.03. The van der Waals surface area contributed by atoms with Crippen LogP contribution in [0.15, 0.2) is 40.6 Å². The molecule has 3 rings (SSSR count). The minimum absolute atomic E-state index is 0.0481. The van der Waals surface area contributed by atoms with E-state index in [0.717, 1.165) is 24.2 Å². The first-order valence-corrected chi connectivity index (χ1v) is 11.1. The van der Waals surface area contributed by atoms with Gasteiger partial charge in [0.2, 0.25) is 10.0 Å². The molecule has 2 heterocycles. The molecular weight excluding hydrogens is 384 g/mol. The van der Waals surface area contributed by atoms with Gasteiger partial charge in [-0.1, -0.05) is 6.92 Å². The van der Waals surface area contributed by atoms with Crippen molar-refractivity contribution in [3.63, 3.8) is 0 Å². The van der Waals surface area contributed by atoms with Gasteiger partial charge in [-0.15, -0.1) is 11.3 Å². The first-order chi connectivity index (χ1) is 12.8. The van der Waals surface area contributed by atoms with E-state index >= 15 is 0 Å². The lowest BCUT2D eigenvalue weighted by Gasteiger charge is -2.29. The van der Waals surface area contributed by atoms with Crippen molar-refractivity contribution in [2.45, 2.75) is 31.6 Å². The van der Waals surface area contributed by atoms with E-state index in [2.05, 4.69) is 12.2 Å². The van der Waals surface area contributed by atoms with Crippen molar-refractivity contribution in [1.82, 2.24) is 4.31 Å². The van der Waals surface area contributed by atoms with E-state index in [1.165, 1.54) is 22.7 Å². The van der Waals surface area contributed by atoms with Crippen LogP contribution < -0.4 is 5.32 Å². The molecule has 1 aliphatic heterocycles. The van der Waals surface area contributed by atoms with Gasteiger partial charge in [0.15, 0.2) is 5.78 Å². The van der Waals surface area contributed by atoms with Crippen molar-refractivity contribution in [2.75, 3.05) is 18.4 Å². The zero-order chi connectivity index (χ0) is 19.6. The standard InChI is InChI=1S/C19H22N2O4S2/c1-13-7-9-21(10-8-13)27(24,25)17-11-18(26-12-17)19(23)20-16-5-3-15(4-6-16)14(2)22/h3-6,11-13H,7-10H2,1-2H3,(H,20,23). The minimum atomic E-state index is -3.56. The maximum absolute atomic E-state index is 12.8. The second kappa shape index (κ2) is 7.92. The van der Waals surface area contributed by atoms with Crippen molar-refractivity contribution in [2.24, 2.45) is 5.92 Å². The Morgan fingerprint density at radius 3 is 2.37 bits per heavy atom. The zero-order valence-corrected chi connectivity index (χ0v) is 16.9. The minimum Gasteiger partial charge on any atom is -0.321 e. The number of hydrogen-bond donors (Lipinski definition) is 1. The molecule has 1 saturated heterocycles. The second-order valence-corrected chi connectivity index (χ2v) is 9.67. The van der Waals surface area contributed by atoms with Gasteiger partial charge in [0, 0.05) is 29.7 Å². The van der Waals surface area contributed by atoms with Gasteiger partial charge in [0.1, 0.15) is 0 Å². The van der Waals surface area contributed by atoms with Gasteiger partial charge in [0.05, 0.1) is 9.77 Å². The van der Waals surface area contributed by atoms with Gasteiger partial charge in [0.25, 0.3) is 5.91 Å². The van der Waals surface area contributed by atoms with Crippen LogP contribution in [0.5, 0.6) is 0 Å². The van der Waals surface area contributed by atoms with Crippen LogP contribution in [0, 0.1) is 5.92 Å². The normalized spacial score (nSPS) is 16.2. The number of thiophene rings is 1. The van der Waals surface area contributed by atoms with Crippen LogP contribution in [0.1, 0.15) is 46.7 Å². The van der Waals surface area contributed by atoms with Crippen molar-refractivity contribution in [3.05, 3.63) is 46.2 Å². The van der Waals surface area contributed by atoms with E-state index in [1.54, 1.807) is 24.3 Å². The molecular formula is C19H22N2O4S2. The number of Topliss-reactive ketones (excluding diaryl/α,β-unsaturated/α-hetero) is 1. The molecule has 0 radical (unpaired) electrons. The Labute approximate surface area is 163 Å². The number of amides is 1. The molecule has 2 aromatic rings. The fourth-order valence-corrected chi connectivity index (χ4v) is 5.55. The van der Waals surface area contributed by atoms with Crippen LogP contribution in [-0.2, 0) is 10.0 Å². The van der Waals surface area contributed by atoms with E-state index in [9.17, 15) is 18.0 Å². The van der Waals surface area contributed by atoms with E-state index in [0.29, 0.717) is 35.1 Å². The number of sulfonamides is 1. The summed E-state index contributed by atoms with van der Waals surface area (Å²) in [5.74, 6) is 0.118. The fraction of sp³-hybridized carbons (Fsp3) is 0.368. The van der Waals surface area contributed by atoms with Crippen molar-refractivity contribution < 1.29 is 18.0 Å². The van der Waals surface area contributed by atoms with Crippen molar-refractivity contribution in [1.29, 1.82) is 0 Å². The molecule has 0 saturated carbocycles. The van der Waals surface area contributed by atoms with E-state index in [-0.39, 0.29) is 16.6 Å². The number of carbonyl (C=O) groups excluding carboxylic acids is 2. The fourth-order valence-electron chi connectivity index (χ4n) is 2.93. The van der Waals surface area contributed by atoms with Crippen LogP contribution in [0.25, 0.3) is 0 Å². The summed E-state index contributed by atoms with van der Waals surface area (Å²) in [5, 5.41) is 4.24. The van der Waals surface area contributed by atoms with Crippen LogP contribution in [0.4, 0.5) is 5.69 Å². The lowest BCUT2D eigenvalue weighted by atomic mass is 10.0. The Bertz CT molecular complexity index is 940. The lowest BCUT2D eigenvalue weighted by Crippen LogP contribution is -2.37. The average molecular weight is 407 g/mol. The van der Waals surface area contributed by atoms with Gasteiger partial charge in [-0.3, -0.25) is 9.59 Å². The summed E-state index contributed by atoms with van der Waals surface area (Å²) >= 11 is 1.10. The summed E-state index contributed by atoms with van der Waals surface area (Å²) in [6.45, 7) is 4.64. The summed E-state index contributed by atoms with van der Waals surface area (Å²) in [5.41, 5.74) is 1.11. The number of nitrogens with zero attached hydrogens (tertiary/aromatic N) is 1. The van der Waals surface area contributed by atoms with Gasteiger partial charge in [-0.05, 0) is 56.0 Å². The third-order valence-electron chi connectivity index (χ3n) is 4.73. The summed E-state index contributed by atoms with van der Waals surface area (Å²) in [7, 11) is -3.56. The number of benzene rings is 1. The largest absolute Gasteiger partial charge is 0.321 e. The predicted octanol–water partition coefficient (Wildman–Crippen LogP) is 3.62. The Morgan fingerprint density at radius 1 is 1.15 bits per heavy atom. The number of piperidine rings is 1. The topological polar surface area (TPSA) is 83.5 Å². The molecule has 1 aliphatic rings. The van der Waals surface area contributed by atoms with Gasteiger partial charge < -0.3 is 5.32 Å². The molecule has 1 fully saturated rings. The van der Waals surface area contributed by atoms with Crippen molar-refractivity contribution >= 4 is 38.7 Å². The molecule has 0 unspecified atom stereocenters. The Morgan fingerprint density at radius 2 is 1.78 bits per heavy atom. The summed E-state index contributed by atoms with van der Waals surface area (Å²) in [6.07, 6.45) is 1.71. The molecule has 1 aromatic heterocycles. The average Bonchev–Trinajstić information content (AvgIpc) is 3.14. The number of anilines is 1. The first-order valence-electron chi connectivity index (χ1n) is 8.78. The molecule has 8 heteroatoms. The highest BCUT2D eigenvalue weighted by Crippen LogP contribution is 2.27. The SMILES string of the molecule is CC(=O)c1ccc(NC(=O)c2cc(S(=O)(=O)N3CCC(C)CC3)cs2)cc1. The Kier molecular flexibility index (Phi) is 5.78. The number of carbonyl (C=O) groups is 2. The molecule has 27 heavy (non-hydrogen) atoms. The third kappa shape index (κ3) is 4.45. The number of rotatable bonds is 5. The molecule has 0 spiro atoms. The molecule has 0 atom stereocenters. The molecule has 144 valence electrons. The summed E-state index contributed by atoms with van der Waals surface area (Å²) in [6, 6.07) is 8.00. The van der Waals surface area contributed by atoms with Crippen LogP contribution >= 0.6 is 11.3 Å². The second-order valence-electron chi connectivity index (χ2n) is 6.82. The highest BCUT2D eigenvalue weighted by atomic mass is 32.2. The molecule has 1 aromatic carbocycles. The van der Waals surface area contributed by atoms with Crippen LogP contribution in [0.2, 0.25) is 0 Å². The first kappa shape index (κ1) is 19.7. The number of nitrogens with one attached hydrogen (secondary N) is 1. The summed E-state index contributed by atoms with van der Waals surface area (Å²) < 4.78 is 27.0. The monoisotopic (exact) mass is 406 g/mol. The predicted molar refractivity (Wildman–Crippen MR) is 106 cm³/mol. The van der Waals surface area contributed by atoms with E-state index in [1.807, 2.05) is 0 Å². The smallest absolute Gasteiger partial charge is 0.265 e. The van der Waals surface area contributed by atoms with Crippen LogP contribution in [0.3, 0.4) is 0 Å². The zero-order valence-electron chi connectivity index (χ0n) is 15.3. The highest BCUT2D eigenvalue weighted by Gasteiger charge is 2.29. The highest BCUT2D eigenvalue weighted by molar-refractivity contribution is 7.89. The number of hydrogen-bond acceptors (Lipinski definition) is 5. The molecule has 6 nitrogen and oxygen atoms in total. The third-order valence-corrected chi connectivity index (χ3v) is 7.68. The van der Waals surface area contributed by atoms with Gasteiger partial charge >= 0.3 is 0 Å². The maximum atomic E-state index is 12.8. The van der Waals surface area contributed by atoms with Gasteiger partial charge in [-0.2, -0.15) is 4.31 Å². The van der Waals surface area contributed by atoms with E-state index in [4.69, 9.17) is 0 Å². The lowest BCUT2D eigenvalue weighted by molar-refractivity contribution is 0.101. The van der Waals surface area contributed by atoms with Crippen molar-refractivity contribution in [3.8, 4) is 0 Å². The molecule has 1 N–H and O–H groups in total. The number of ketones is 1. The van der Waals surface area contributed by atoms with Gasteiger partial charge in [-0.25, -0.2) is 8.42 Å². The Balaban J connectivity index is 1.71. The van der Waals surface area contributed by atoms with Crippen LogP contribution in [-0.4, -0.2) is 37.5 Å². The molecule has 1 amide bonds. The molecule has 0 bridgehead atoms. The summed E-state index contributed by atoms with van der Waals surface area (Å²) in [4.78, 5) is 24.2.